The number of hydrogen-bond acceptors (Lipinski definition) is 3. The van der Waals surface area contributed by atoms with E-state index in [0.717, 1.165) is 11.3 Å². The van der Waals surface area contributed by atoms with Crippen LogP contribution in [0, 0.1) is 0 Å². The maximum absolute atomic E-state index is 5.37. The Labute approximate surface area is 169 Å². The van der Waals surface area contributed by atoms with Gasteiger partial charge in [0.1, 0.15) is 12.8 Å². The van der Waals surface area contributed by atoms with Crippen molar-refractivity contribution in [3.8, 4) is 5.75 Å². The van der Waals surface area contributed by atoms with E-state index in [-0.39, 0.29) is 24.0 Å². The zero-order chi connectivity index (χ0) is 16.7. The summed E-state index contributed by atoms with van der Waals surface area (Å²) in [5.74, 6) is 0.877. The third kappa shape index (κ3) is 3.22. The van der Waals surface area contributed by atoms with Gasteiger partial charge in [0.2, 0.25) is 5.52 Å². The summed E-state index contributed by atoms with van der Waals surface area (Å²) in [4.78, 5) is 3.56. The number of ether oxygens (including phenoxy) is 1. The molecule has 1 aliphatic rings. The van der Waals surface area contributed by atoms with Crippen molar-refractivity contribution < 1.29 is 33.3 Å². The molecule has 0 bridgehead atoms. The number of methoxy groups -OCH3 is 1. The highest BCUT2D eigenvalue weighted by Crippen LogP contribution is 2.45. The van der Waals surface area contributed by atoms with Crippen molar-refractivity contribution in [3.63, 3.8) is 0 Å². The number of para-hydroxylation sites is 1. The van der Waals surface area contributed by atoms with Gasteiger partial charge in [-0.2, -0.15) is 0 Å². The lowest BCUT2D eigenvalue weighted by atomic mass is 10.1. The van der Waals surface area contributed by atoms with E-state index >= 15 is 0 Å². The molecule has 1 aromatic heterocycles. The lowest BCUT2D eigenvalue weighted by molar-refractivity contribution is -0.644. The predicted molar refractivity (Wildman–Crippen MR) is 100 cm³/mol. The Kier molecular flexibility index (Phi) is 5.24. The lowest BCUT2D eigenvalue weighted by Gasteiger charge is -2.13. The normalized spacial score (nSPS) is 14.5. The standard InChI is InChI=1S/C20H19N2OS.HI/c1-21-11-10-14(16-9-8-15(23-3)13-18(16)21)12-20-22(2)17-6-4-5-7-19(17)24-20;/h4-13H,1-3H3;1H/q+1;/p-1. The molecule has 0 fully saturated rings. The van der Waals surface area contributed by atoms with Gasteiger partial charge in [0.05, 0.1) is 29.3 Å². The van der Waals surface area contributed by atoms with Crippen molar-refractivity contribution in [2.75, 3.05) is 19.1 Å². The lowest BCUT2D eigenvalue weighted by Crippen LogP contribution is -3.00. The molecule has 4 rings (SSSR count). The number of anilines is 1. The number of benzene rings is 2. The Morgan fingerprint density at radius 3 is 2.68 bits per heavy atom. The molecule has 0 unspecified atom stereocenters. The van der Waals surface area contributed by atoms with Crippen LogP contribution in [-0.2, 0) is 7.05 Å². The number of nitrogens with zero attached hydrogens (tertiary/aromatic N) is 2. The highest BCUT2D eigenvalue weighted by Gasteiger charge is 2.21. The van der Waals surface area contributed by atoms with Gasteiger partial charge in [-0.3, -0.25) is 0 Å². The molecule has 0 aliphatic carbocycles. The van der Waals surface area contributed by atoms with E-state index in [4.69, 9.17) is 4.74 Å². The van der Waals surface area contributed by atoms with E-state index in [9.17, 15) is 0 Å². The molecule has 2 heterocycles. The molecule has 1 aliphatic heterocycles. The number of rotatable bonds is 2. The van der Waals surface area contributed by atoms with Gasteiger partial charge in [-0.15, -0.1) is 0 Å². The molecule has 3 aromatic rings. The second kappa shape index (κ2) is 7.25. The first-order valence-corrected chi connectivity index (χ1v) is 8.68. The van der Waals surface area contributed by atoms with E-state index in [1.165, 1.54) is 26.6 Å². The quantitative estimate of drug-likeness (QED) is 0.421. The Bertz CT molecular complexity index is 971. The Hall–Kier alpha value is -1.73. The third-order valence-corrected chi connectivity index (χ3v) is 5.59. The first-order chi connectivity index (χ1) is 11.7. The summed E-state index contributed by atoms with van der Waals surface area (Å²) < 4.78 is 7.49. The molecule has 128 valence electrons. The van der Waals surface area contributed by atoms with Crippen molar-refractivity contribution in [2.45, 2.75) is 4.90 Å². The van der Waals surface area contributed by atoms with Crippen LogP contribution in [0.4, 0.5) is 5.69 Å². The molecule has 2 aromatic carbocycles. The summed E-state index contributed by atoms with van der Waals surface area (Å²) in [6.45, 7) is 0. The van der Waals surface area contributed by atoms with E-state index in [1.807, 2.05) is 17.8 Å². The summed E-state index contributed by atoms with van der Waals surface area (Å²) in [7, 11) is 5.89. The number of pyridine rings is 1. The van der Waals surface area contributed by atoms with E-state index < -0.39 is 0 Å². The minimum atomic E-state index is 0. The average Bonchev–Trinajstić information content (AvgIpc) is 2.93. The van der Waals surface area contributed by atoms with Crippen LogP contribution in [0.2, 0.25) is 0 Å². The molecular weight excluding hydrogens is 443 g/mol. The van der Waals surface area contributed by atoms with Crippen LogP contribution >= 0.6 is 11.8 Å². The van der Waals surface area contributed by atoms with Crippen LogP contribution in [0.1, 0.15) is 5.56 Å². The molecule has 3 nitrogen and oxygen atoms in total. The van der Waals surface area contributed by atoms with Gasteiger partial charge >= 0.3 is 0 Å². The van der Waals surface area contributed by atoms with Crippen LogP contribution in [0.3, 0.4) is 0 Å². The monoisotopic (exact) mass is 462 g/mol. The summed E-state index contributed by atoms with van der Waals surface area (Å²) >= 11 is 1.82. The number of aryl methyl sites for hydroxylation is 1. The Morgan fingerprint density at radius 1 is 1.12 bits per heavy atom. The van der Waals surface area contributed by atoms with Gasteiger partial charge < -0.3 is 33.6 Å². The van der Waals surface area contributed by atoms with Gasteiger partial charge in [-0.05, 0) is 35.9 Å². The molecule has 0 N–H and O–H groups in total. The molecular formula is C20H19IN2OS. The number of aromatic nitrogens is 1. The summed E-state index contributed by atoms with van der Waals surface area (Å²) in [5, 5.41) is 2.46. The minimum Gasteiger partial charge on any atom is -1.00 e. The molecule has 5 heteroatoms. The largest absolute Gasteiger partial charge is 1.00 e. The average molecular weight is 462 g/mol. The molecule has 0 saturated carbocycles. The SMILES string of the molecule is COc1ccc2c(/C=C3\Sc4ccccc4N3C)cc[n+](C)c2c1.[I-]. The maximum atomic E-state index is 5.37. The zero-order valence-corrected chi connectivity index (χ0v) is 17.3. The number of thioether (sulfide) groups is 1. The zero-order valence-electron chi connectivity index (χ0n) is 14.4. The fourth-order valence-electron chi connectivity index (χ4n) is 3.04. The Morgan fingerprint density at radius 2 is 1.92 bits per heavy atom. The first-order valence-electron chi connectivity index (χ1n) is 7.86. The Balaban J connectivity index is 0.00000182. The number of hydrogen-bond donors (Lipinski definition) is 0. The smallest absolute Gasteiger partial charge is 0.216 e. The van der Waals surface area contributed by atoms with E-state index in [0.29, 0.717) is 0 Å². The second-order valence-electron chi connectivity index (χ2n) is 5.88. The molecule has 25 heavy (non-hydrogen) atoms. The van der Waals surface area contributed by atoms with Crippen LogP contribution in [0.15, 0.2) is 64.7 Å². The van der Waals surface area contributed by atoms with Gasteiger partial charge in [-0.25, -0.2) is 4.57 Å². The van der Waals surface area contributed by atoms with Crippen LogP contribution in [0.5, 0.6) is 5.75 Å². The molecule has 0 atom stereocenters. The fraction of sp³-hybridized carbons (Fsp3) is 0.150. The summed E-state index contributed by atoms with van der Waals surface area (Å²) in [6, 6.07) is 16.9. The van der Waals surface area contributed by atoms with Crippen LogP contribution in [0.25, 0.3) is 17.0 Å². The highest BCUT2D eigenvalue weighted by atomic mass is 127. The van der Waals surface area contributed by atoms with E-state index in [2.05, 4.69) is 78.3 Å². The van der Waals surface area contributed by atoms with Crippen molar-refractivity contribution >= 4 is 34.4 Å². The third-order valence-electron chi connectivity index (χ3n) is 4.42. The molecule has 0 saturated heterocycles. The van der Waals surface area contributed by atoms with Gasteiger partial charge in [-0.1, -0.05) is 23.9 Å². The van der Waals surface area contributed by atoms with Gasteiger partial charge in [0.15, 0.2) is 6.20 Å². The van der Waals surface area contributed by atoms with Crippen molar-refractivity contribution in [3.05, 3.63) is 65.3 Å². The molecule has 0 radical (unpaired) electrons. The topological polar surface area (TPSA) is 16.4 Å². The van der Waals surface area contributed by atoms with Gasteiger partial charge in [0.25, 0.3) is 0 Å². The second-order valence-corrected chi connectivity index (χ2v) is 6.94. The number of fused-ring (bicyclic) bond motifs is 2. The number of halogens is 1. The van der Waals surface area contributed by atoms with Crippen molar-refractivity contribution in [1.29, 1.82) is 0 Å². The molecule has 0 amide bonds. The van der Waals surface area contributed by atoms with Crippen LogP contribution < -0.4 is 38.2 Å². The minimum absolute atomic E-state index is 0. The van der Waals surface area contributed by atoms with Crippen molar-refractivity contribution in [2.24, 2.45) is 7.05 Å². The van der Waals surface area contributed by atoms with Crippen LogP contribution in [-0.4, -0.2) is 14.2 Å². The van der Waals surface area contributed by atoms with Gasteiger partial charge in [0, 0.05) is 18.0 Å². The fourth-order valence-corrected chi connectivity index (χ4v) is 4.14. The maximum Gasteiger partial charge on any atom is 0.216 e. The van der Waals surface area contributed by atoms with E-state index in [1.54, 1.807) is 7.11 Å². The highest BCUT2D eigenvalue weighted by molar-refractivity contribution is 8.03. The van der Waals surface area contributed by atoms with Crippen molar-refractivity contribution in [1.82, 2.24) is 0 Å². The summed E-state index contributed by atoms with van der Waals surface area (Å²) in [5.41, 5.74) is 3.64. The summed E-state index contributed by atoms with van der Waals surface area (Å²) in [6.07, 6.45) is 4.36. The molecule has 0 spiro atoms. The first kappa shape index (κ1) is 18.1. The predicted octanol–water partition coefficient (Wildman–Crippen LogP) is 1.22.